The van der Waals surface area contributed by atoms with Gasteiger partial charge in [0.1, 0.15) is 17.6 Å². The first-order valence-electron chi connectivity index (χ1n) is 13.8. The van der Waals surface area contributed by atoms with Gasteiger partial charge in [-0.25, -0.2) is 19.5 Å². The lowest BCUT2D eigenvalue weighted by Gasteiger charge is -2.39. The molecule has 1 atom stereocenters. The second-order valence-corrected chi connectivity index (χ2v) is 10.1. The Balaban J connectivity index is 1.41. The number of esters is 1. The number of carbonyl (C=O) groups excluding carboxylic acids is 1. The maximum Gasteiger partial charge on any atom is 0.338 e. The number of aromatic nitrogens is 2. The molecule has 0 amide bonds. The summed E-state index contributed by atoms with van der Waals surface area (Å²) in [5.41, 5.74) is 5.68. The van der Waals surface area contributed by atoms with Crippen LogP contribution >= 0.6 is 0 Å². The van der Waals surface area contributed by atoms with E-state index in [1.165, 1.54) is 0 Å². The Morgan fingerprint density at radius 2 is 1.69 bits per heavy atom. The van der Waals surface area contributed by atoms with E-state index in [-0.39, 0.29) is 12.0 Å². The average Bonchev–Trinajstić information content (AvgIpc) is 3.59. The van der Waals surface area contributed by atoms with E-state index in [9.17, 15) is 4.79 Å². The number of nitrogens with zero attached hydrogens (tertiary/aromatic N) is 5. The van der Waals surface area contributed by atoms with Crippen LogP contribution in [-0.2, 0) is 4.74 Å². The van der Waals surface area contributed by atoms with E-state index in [4.69, 9.17) is 24.2 Å². The Morgan fingerprint density at radius 1 is 0.929 bits per heavy atom. The minimum atomic E-state index is -0.357. The topological polar surface area (TPSA) is 97.2 Å². The van der Waals surface area contributed by atoms with Crippen molar-refractivity contribution in [2.45, 2.75) is 26.8 Å². The molecule has 0 bridgehead atoms. The third-order valence-electron chi connectivity index (χ3n) is 7.33. The number of nitrogens with one attached hydrogen (secondary N) is 1. The molecule has 1 unspecified atom stereocenters. The fourth-order valence-corrected chi connectivity index (χ4v) is 5.46. The van der Waals surface area contributed by atoms with Crippen LogP contribution in [-0.4, -0.2) is 34.0 Å². The normalized spacial score (nSPS) is 15.2. The smallest absolute Gasteiger partial charge is 0.338 e. The molecule has 208 valence electrons. The molecule has 0 spiro atoms. The Bertz CT molecular complexity index is 1870. The zero-order valence-electron chi connectivity index (χ0n) is 23.4. The minimum absolute atomic E-state index is 0.322. The molecule has 4 heterocycles. The van der Waals surface area contributed by atoms with Crippen molar-refractivity contribution in [3.05, 3.63) is 119 Å². The van der Waals surface area contributed by atoms with Crippen molar-refractivity contribution in [3.8, 4) is 5.69 Å². The third kappa shape index (κ3) is 4.26. The number of benzene rings is 3. The van der Waals surface area contributed by atoms with Crippen LogP contribution in [0.2, 0.25) is 0 Å². The summed E-state index contributed by atoms with van der Waals surface area (Å²) in [6.07, 6.45) is 0. The molecule has 9 nitrogen and oxygen atoms in total. The fraction of sp³-hybridized carbons (Fsp3) is 0.152. The number of carbonyl (C=O) groups is 1. The molecule has 42 heavy (non-hydrogen) atoms. The Hall–Kier alpha value is -5.44. The number of para-hydroxylation sites is 3. The van der Waals surface area contributed by atoms with E-state index in [2.05, 4.69) is 10.2 Å². The first-order valence-corrected chi connectivity index (χ1v) is 13.8. The van der Waals surface area contributed by atoms with Gasteiger partial charge >= 0.3 is 5.97 Å². The van der Waals surface area contributed by atoms with Gasteiger partial charge in [0.05, 0.1) is 40.5 Å². The van der Waals surface area contributed by atoms with E-state index < -0.39 is 0 Å². The molecule has 2 aromatic heterocycles. The molecule has 0 saturated carbocycles. The third-order valence-corrected chi connectivity index (χ3v) is 7.33. The SMILES string of the molecule is CCOC(=O)c1ccc(NC2=Nc3ccccc3N3C2=Nc2c(c(C)nn2-c2ccccc2)C3c2ccc(C)o2)cc1. The Kier molecular flexibility index (Phi) is 6.19. The summed E-state index contributed by atoms with van der Waals surface area (Å²) >= 11 is 0. The van der Waals surface area contributed by atoms with Gasteiger partial charge in [0.2, 0.25) is 0 Å². The summed E-state index contributed by atoms with van der Waals surface area (Å²) in [7, 11) is 0. The molecule has 1 N–H and O–H groups in total. The molecule has 3 aromatic carbocycles. The number of furan rings is 1. The molecule has 5 aromatic rings. The van der Waals surface area contributed by atoms with Gasteiger partial charge in [-0.15, -0.1) is 0 Å². The van der Waals surface area contributed by atoms with Gasteiger partial charge in [0, 0.05) is 5.69 Å². The van der Waals surface area contributed by atoms with Crippen molar-refractivity contribution in [2.75, 3.05) is 16.8 Å². The molecule has 0 radical (unpaired) electrons. The lowest BCUT2D eigenvalue weighted by Crippen LogP contribution is -2.46. The molecule has 2 aliphatic heterocycles. The van der Waals surface area contributed by atoms with Gasteiger partial charge < -0.3 is 19.4 Å². The highest BCUT2D eigenvalue weighted by Gasteiger charge is 2.42. The average molecular weight is 557 g/mol. The van der Waals surface area contributed by atoms with Crippen LogP contribution in [0.1, 0.15) is 46.1 Å². The monoisotopic (exact) mass is 556 g/mol. The molecule has 7 rings (SSSR count). The quantitative estimate of drug-likeness (QED) is 0.233. The molecule has 0 aliphatic carbocycles. The van der Waals surface area contributed by atoms with Crippen LogP contribution in [0.25, 0.3) is 5.69 Å². The predicted octanol–water partition coefficient (Wildman–Crippen LogP) is 7.05. The summed E-state index contributed by atoms with van der Waals surface area (Å²) in [6, 6.07) is 28.8. The van der Waals surface area contributed by atoms with Crippen LogP contribution < -0.4 is 10.2 Å². The summed E-state index contributed by atoms with van der Waals surface area (Å²) in [5, 5.41) is 8.40. The van der Waals surface area contributed by atoms with Gasteiger partial charge in [-0.3, -0.25) is 0 Å². The lowest BCUT2D eigenvalue weighted by molar-refractivity contribution is 0.0526. The van der Waals surface area contributed by atoms with E-state index in [0.717, 1.165) is 51.3 Å². The summed E-state index contributed by atoms with van der Waals surface area (Å²) in [6.45, 7) is 6.07. The van der Waals surface area contributed by atoms with Crippen molar-refractivity contribution >= 4 is 40.5 Å². The first kappa shape index (κ1) is 25.5. The van der Waals surface area contributed by atoms with Crippen molar-refractivity contribution < 1.29 is 13.9 Å². The van der Waals surface area contributed by atoms with Crippen molar-refractivity contribution in [1.82, 2.24) is 9.78 Å². The Labute approximate surface area is 242 Å². The van der Waals surface area contributed by atoms with Gasteiger partial charge in [0.15, 0.2) is 17.5 Å². The standard InChI is InChI=1S/C33H28N6O3/c1-4-41-33(40)22-15-17-23(18-16-22)34-30-32-36-31-28(21(3)37-39(31)24-10-6-5-7-11-24)29(27-19-14-20(2)42-27)38(32)26-13-9-8-12-25(26)35-30/h5-19,29H,4H2,1-3H3,(H,34,35). The second kappa shape index (κ2) is 10.2. The van der Waals surface area contributed by atoms with Crippen molar-refractivity contribution in [2.24, 2.45) is 9.98 Å². The highest BCUT2D eigenvalue weighted by molar-refractivity contribution is 6.51. The fourth-order valence-electron chi connectivity index (χ4n) is 5.46. The maximum atomic E-state index is 12.2. The van der Waals surface area contributed by atoms with Crippen molar-refractivity contribution in [1.29, 1.82) is 0 Å². The molecular weight excluding hydrogens is 528 g/mol. The van der Waals surface area contributed by atoms with Crippen LogP contribution in [0.5, 0.6) is 0 Å². The molecule has 9 heteroatoms. The summed E-state index contributed by atoms with van der Waals surface area (Å²) in [4.78, 5) is 24.6. The number of hydrogen-bond donors (Lipinski definition) is 1. The number of amidine groups is 2. The molecule has 2 aliphatic rings. The number of fused-ring (bicyclic) bond motifs is 4. The number of rotatable bonds is 5. The van der Waals surface area contributed by atoms with Crippen LogP contribution in [0.4, 0.5) is 22.9 Å². The van der Waals surface area contributed by atoms with Gasteiger partial charge in [-0.1, -0.05) is 30.3 Å². The van der Waals surface area contributed by atoms with Crippen LogP contribution in [0.3, 0.4) is 0 Å². The number of hydrogen-bond acceptors (Lipinski definition) is 8. The number of aliphatic imine (C=N–C) groups is 2. The lowest BCUT2D eigenvalue weighted by atomic mass is 9.98. The largest absolute Gasteiger partial charge is 0.464 e. The minimum Gasteiger partial charge on any atom is -0.464 e. The summed E-state index contributed by atoms with van der Waals surface area (Å²) < 4.78 is 13.3. The van der Waals surface area contributed by atoms with E-state index >= 15 is 0 Å². The highest BCUT2D eigenvalue weighted by Crippen LogP contribution is 2.48. The number of ether oxygens (including phenoxy) is 1. The molecular formula is C33H28N6O3. The Morgan fingerprint density at radius 3 is 2.43 bits per heavy atom. The van der Waals surface area contributed by atoms with Crippen molar-refractivity contribution in [3.63, 3.8) is 0 Å². The highest BCUT2D eigenvalue weighted by atomic mass is 16.5. The van der Waals surface area contributed by atoms with Crippen LogP contribution in [0.15, 0.2) is 105 Å². The number of aryl methyl sites for hydroxylation is 2. The van der Waals surface area contributed by atoms with Gasteiger partial charge in [0.25, 0.3) is 0 Å². The second-order valence-electron chi connectivity index (χ2n) is 10.1. The van der Waals surface area contributed by atoms with Gasteiger partial charge in [-0.2, -0.15) is 5.10 Å². The van der Waals surface area contributed by atoms with E-state index in [1.54, 1.807) is 19.1 Å². The predicted molar refractivity (Wildman–Crippen MR) is 163 cm³/mol. The molecule has 0 saturated heterocycles. The van der Waals surface area contributed by atoms with Crippen LogP contribution in [0, 0.1) is 13.8 Å². The zero-order valence-corrected chi connectivity index (χ0v) is 23.4. The van der Waals surface area contributed by atoms with E-state index in [0.29, 0.717) is 23.8 Å². The summed E-state index contributed by atoms with van der Waals surface area (Å²) in [5.74, 6) is 3.16. The maximum absolute atomic E-state index is 12.2. The zero-order chi connectivity index (χ0) is 28.8. The van der Waals surface area contributed by atoms with Gasteiger partial charge in [-0.05, 0) is 81.4 Å². The molecule has 0 fully saturated rings. The van der Waals surface area contributed by atoms with E-state index in [1.807, 2.05) is 97.4 Å². The first-order chi connectivity index (χ1) is 20.5. The number of anilines is 2.